The van der Waals surface area contributed by atoms with Gasteiger partial charge in [-0.3, -0.25) is 19.3 Å². The molecular formula is C23H26N6O3. The molecule has 2 aliphatic heterocycles. The molecule has 9 heteroatoms. The number of hydrogen-bond acceptors (Lipinski definition) is 5. The molecule has 0 radical (unpaired) electrons. The van der Waals surface area contributed by atoms with Crippen LogP contribution in [0.4, 0.5) is 11.5 Å². The van der Waals surface area contributed by atoms with Gasteiger partial charge in [-0.2, -0.15) is 10.4 Å². The number of rotatable bonds is 7. The molecule has 2 aliphatic rings. The molecule has 1 fully saturated rings. The van der Waals surface area contributed by atoms with Gasteiger partial charge in [0.1, 0.15) is 11.5 Å². The van der Waals surface area contributed by atoms with Crippen LogP contribution in [0.3, 0.4) is 0 Å². The number of fused-ring (bicyclic) bond motifs is 3. The molecule has 1 unspecified atom stereocenters. The summed E-state index contributed by atoms with van der Waals surface area (Å²) in [7, 11) is 0. The maximum absolute atomic E-state index is 13.2. The van der Waals surface area contributed by atoms with Crippen molar-refractivity contribution in [3.05, 3.63) is 41.6 Å². The zero-order chi connectivity index (χ0) is 22.9. The number of carbonyl (C=O) groups is 3. The first-order valence-electron chi connectivity index (χ1n) is 10.8. The summed E-state index contributed by atoms with van der Waals surface area (Å²) in [6.07, 6.45) is 1.94. The van der Waals surface area contributed by atoms with E-state index in [1.807, 2.05) is 26.0 Å². The molecule has 9 nitrogen and oxygen atoms in total. The summed E-state index contributed by atoms with van der Waals surface area (Å²) < 4.78 is 1.62. The first-order valence-corrected chi connectivity index (χ1v) is 10.8. The fourth-order valence-corrected chi connectivity index (χ4v) is 4.62. The van der Waals surface area contributed by atoms with Gasteiger partial charge in [-0.25, -0.2) is 4.68 Å². The number of nitriles is 1. The maximum atomic E-state index is 13.2. The molecular weight excluding hydrogens is 408 g/mol. The fourth-order valence-electron chi connectivity index (χ4n) is 4.62. The van der Waals surface area contributed by atoms with E-state index in [4.69, 9.17) is 5.26 Å². The lowest BCUT2D eigenvalue weighted by atomic mass is 9.98. The molecule has 1 N–H and O–H groups in total. The number of anilines is 2. The summed E-state index contributed by atoms with van der Waals surface area (Å²) in [6.45, 7) is 4.52. The summed E-state index contributed by atoms with van der Waals surface area (Å²) in [6, 6.07) is 11.0. The third-order valence-corrected chi connectivity index (χ3v) is 6.14. The van der Waals surface area contributed by atoms with Gasteiger partial charge in [-0.05, 0) is 38.8 Å². The van der Waals surface area contributed by atoms with Crippen LogP contribution in [-0.4, -0.2) is 44.6 Å². The van der Waals surface area contributed by atoms with Gasteiger partial charge in [-0.15, -0.1) is 0 Å². The largest absolute Gasteiger partial charge is 0.315 e. The molecule has 0 saturated carbocycles. The van der Waals surface area contributed by atoms with E-state index in [-0.39, 0.29) is 24.1 Å². The highest BCUT2D eigenvalue weighted by atomic mass is 16.2. The fraction of sp³-hybridized carbons (Fsp3) is 0.435. The second-order valence-corrected chi connectivity index (χ2v) is 8.37. The van der Waals surface area contributed by atoms with E-state index in [2.05, 4.69) is 16.5 Å². The van der Waals surface area contributed by atoms with Gasteiger partial charge in [-0.1, -0.05) is 12.1 Å². The van der Waals surface area contributed by atoms with Crippen molar-refractivity contribution in [2.24, 2.45) is 0 Å². The second-order valence-electron chi connectivity index (χ2n) is 8.37. The molecule has 0 bridgehead atoms. The standard InChI is InChI=1S/C23H26N6O3/c1-16-15-19(28(26-16)14-6-12-24)25-20(30)9-5-13-27-22(32)17-7-3-4-8-18(17)29-21(31)10-11-23(27,29)2/h3-4,7-8,15H,5-6,9-11,13-14H2,1-2H3,(H,25,30). The third-order valence-electron chi connectivity index (χ3n) is 6.14. The monoisotopic (exact) mass is 434 g/mol. The predicted molar refractivity (Wildman–Crippen MR) is 118 cm³/mol. The second kappa shape index (κ2) is 8.46. The first kappa shape index (κ1) is 21.6. The molecule has 166 valence electrons. The highest BCUT2D eigenvalue weighted by molar-refractivity contribution is 6.10. The van der Waals surface area contributed by atoms with Crippen molar-refractivity contribution in [3.63, 3.8) is 0 Å². The van der Waals surface area contributed by atoms with Gasteiger partial charge >= 0.3 is 0 Å². The Labute approximate surface area is 186 Å². The molecule has 0 aliphatic carbocycles. The average molecular weight is 435 g/mol. The highest BCUT2D eigenvalue weighted by Crippen LogP contribution is 2.44. The number of aryl methyl sites for hydroxylation is 2. The summed E-state index contributed by atoms with van der Waals surface area (Å²) in [4.78, 5) is 41.9. The van der Waals surface area contributed by atoms with Crippen molar-refractivity contribution in [1.29, 1.82) is 5.26 Å². The van der Waals surface area contributed by atoms with Crippen LogP contribution in [0.15, 0.2) is 30.3 Å². The number of amides is 3. The molecule has 4 rings (SSSR count). The van der Waals surface area contributed by atoms with Gasteiger partial charge in [0.2, 0.25) is 11.8 Å². The summed E-state index contributed by atoms with van der Waals surface area (Å²) in [5, 5.41) is 15.9. The summed E-state index contributed by atoms with van der Waals surface area (Å²) >= 11 is 0. The molecule has 0 spiro atoms. The minimum atomic E-state index is -0.716. The summed E-state index contributed by atoms with van der Waals surface area (Å²) in [5.74, 6) is 0.276. The molecule has 3 amide bonds. The van der Waals surface area contributed by atoms with Crippen molar-refractivity contribution in [1.82, 2.24) is 14.7 Å². The van der Waals surface area contributed by atoms with Gasteiger partial charge in [0, 0.05) is 25.5 Å². The molecule has 1 atom stereocenters. The van der Waals surface area contributed by atoms with Crippen LogP contribution in [0, 0.1) is 18.3 Å². The highest BCUT2D eigenvalue weighted by Gasteiger charge is 2.52. The van der Waals surface area contributed by atoms with Crippen molar-refractivity contribution < 1.29 is 14.4 Å². The third kappa shape index (κ3) is 3.73. The van der Waals surface area contributed by atoms with E-state index in [0.717, 1.165) is 5.69 Å². The van der Waals surface area contributed by atoms with Crippen molar-refractivity contribution in [3.8, 4) is 6.07 Å². The molecule has 1 saturated heterocycles. The first-order chi connectivity index (χ1) is 15.3. The predicted octanol–water partition coefficient (Wildman–Crippen LogP) is 2.82. The van der Waals surface area contributed by atoms with Crippen LogP contribution in [0.5, 0.6) is 0 Å². The number of nitrogens with zero attached hydrogens (tertiary/aromatic N) is 5. The molecule has 32 heavy (non-hydrogen) atoms. The van der Waals surface area contributed by atoms with Gasteiger partial charge in [0.05, 0.1) is 36.0 Å². The van der Waals surface area contributed by atoms with E-state index in [1.54, 1.807) is 32.7 Å². The van der Waals surface area contributed by atoms with Crippen LogP contribution in [0.25, 0.3) is 0 Å². The van der Waals surface area contributed by atoms with Gasteiger partial charge in [0.25, 0.3) is 5.91 Å². The van der Waals surface area contributed by atoms with Crippen LogP contribution in [-0.2, 0) is 16.1 Å². The zero-order valence-electron chi connectivity index (χ0n) is 18.3. The normalized spacial score (nSPS) is 19.5. The summed E-state index contributed by atoms with van der Waals surface area (Å²) in [5.41, 5.74) is 1.22. The van der Waals surface area contributed by atoms with Crippen LogP contribution < -0.4 is 10.2 Å². The Morgan fingerprint density at radius 3 is 2.84 bits per heavy atom. The molecule has 1 aromatic heterocycles. The Kier molecular flexibility index (Phi) is 5.70. The van der Waals surface area contributed by atoms with Crippen LogP contribution >= 0.6 is 0 Å². The quantitative estimate of drug-likeness (QED) is 0.720. The van der Waals surface area contributed by atoms with Crippen molar-refractivity contribution in [2.75, 3.05) is 16.8 Å². The molecule has 3 heterocycles. The Morgan fingerprint density at radius 1 is 1.28 bits per heavy atom. The van der Waals surface area contributed by atoms with Gasteiger partial charge in [0.15, 0.2) is 0 Å². The number of hydrogen-bond donors (Lipinski definition) is 1. The van der Waals surface area contributed by atoms with Crippen molar-refractivity contribution in [2.45, 2.75) is 58.2 Å². The lowest BCUT2D eigenvalue weighted by Crippen LogP contribution is -2.62. The number of aromatic nitrogens is 2. The Morgan fingerprint density at radius 2 is 2.06 bits per heavy atom. The maximum Gasteiger partial charge on any atom is 0.257 e. The smallest absolute Gasteiger partial charge is 0.257 e. The molecule has 1 aromatic carbocycles. The Bertz CT molecular complexity index is 1120. The number of carbonyl (C=O) groups excluding carboxylic acids is 3. The van der Waals surface area contributed by atoms with E-state index in [0.29, 0.717) is 55.8 Å². The lowest BCUT2D eigenvalue weighted by molar-refractivity contribution is -0.118. The average Bonchev–Trinajstić information content (AvgIpc) is 3.27. The van der Waals surface area contributed by atoms with E-state index < -0.39 is 5.66 Å². The van der Waals surface area contributed by atoms with E-state index in [1.165, 1.54) is 0 Å². The van der Waals surface area contributed by atoms with Crippen LogP contribution in [0.1, 0.15) is 55.1 Å². The SMILES string of the molecule is Cc1cc(NC(=O)CCCN2C(=O)c3ccccc3N3C(=O)CCC23C)n(CCC#N)n1. The van der Waals surface area contributed by atoms with Crippen molar-refractivity contribution >= 4 is 29.2 Å². The topological polar surface area (TPSA) is 111 Å². The number of benzene rings is 1. The number of para-hydroxylation sites is 1. The lowest BCUT2D eigenvalue weighted by Gasteiger charge is -2.48. The Hall–Kier alpha value is -3.67. The zero-order valence-corrected chi connectivity index (χ0v) is 18.3. The van der Waals surface area contributed by atoms with E-state index >= 15 is 0 Å². The number of nitrogens with one attached hydrogen (secondary N) is 1. The van der Waals surface area contributed by atoms with Crippen LogP contribution in [0.2, 0.25) is 0 Å². The van der Waals surface area contributed by atoms with E-state index in [9.17, 15) is 14.4 Å². The van der Waals surface area contributed by atoms with Gasteiger partial charge < -0.3 is 10.2 Å². The minimum absolute atomic E-state index is 0.0104. The molecule has 2 aromatic rings. The minimum Gasteiger partial charge on any atom is -0.315 e. The Balaban J connectivity index is 1.43.